The predicted molar refractivity (Wildman–Crippen MR) is 78.8 cm³/mol. The van der Waals surface area contributed by atoms with Gasteiger partial charge in [-0.2, -0.15) is 0 Å². The predicted octanol–water partition coefficient (Wildman–Crippen LogP) is 4.37. The molecule has 0 amide bonds. The van der Waals surface area contributed by atoms with Crippen LogP contribution in [0.4, 0.5) is 0 Å². The summed E-state index contributed by atoms with van der Waals surface area (Å²) in [6, 6.07) is 13.5. The molecule has 3 heteroatoms. The maximum Gasteiger partial charge on any atom is 0.0943 e. The quantitative estimate of drug-likeness (QED) is 0.871. The molecule has 1 nitrogen and oxygen atoms in total. The van der Waals surface area contributed by atoms with Crippen LogP contribution in [0.25, 0.3) is 0 Å². The van der Waals surface area contributed by atoms with Gasteiger partial charge in [0.1, 0.15) is 0 Å². The zero-order chi connectivity index (χ0) is 13.5. The third kappa shape index (κ3) is 2.27. The van der Waals surface area contributed by atoms with Crippen LogP contribution in [0.5, 0.6) is 0 Å². The van der Waals surface area contributed by atoms with Gasteiger partial charge in [0.15, 0.2) is 0 Å². The van der Waals surface area contributed by atoms with E-state index < -0.39 is 5.60 Å². The molecule has 2 aromatic rings. The topological polar surface area (TPSA) is 20.2 Å². The summed E-state index contributed by atoms with van der Waals surface area (Å²) in [6.45, 7) is 0. The van der Waals surface area contributed by atoms with Gasteiger partial charge in [0.25, 0.3) is 0 Å². The van der Waals surface area contributed by atoms with E-state index >= 15 is 0 Å². The Morgan fingerprint density at radius 2 is 1.68 bits per heavy atom. The van der Waals surface area contributed by atoms with Crippen LogP contribution in [0.1, 0.15) is 23.1 Å². The van der Waals surface area contributed by atoms with Crippen molar-refractivity contribution in [2.24, 2.45) is 0 Å². The van der Waals surface area contributed by atoms with E-state index in [1.807, 2.05) is 36.4 Å². The molecule has 1 atom stereocenters. The van der Waals surface area contributed by atoms with Crippen LogP contribution in [-0.2, 0) is 18.4 Å². The molecule has 0 spiro atoms. The lowest BCUT2D eigenvalue weighted by Crippen LogP contribution is -2.25. The highest BCUT2D eigenvalue weighted by molar-refractivity contribution is 6.36. The molecule has 2 aromatic carbocycles. The van der Waals surface area contributed by atoms with Crippen molar-refractivity contribution in [1.82, 2.24) is 0 Å². The normalized spacial score (nSPS) is 21.4. The van der Waals surface area contributed by atoms with E-state index in [4.69, 9.17) is 23.2 Å². The van der Waals surface area contributed by atoms with Crippen molar-refractivity contribution >= 4 is 23.2 Å². The van der Waals surface area contributed by atoms with Gasteiger partial charge in [-0.15, -0.1) is 0 Å². The number of benzene rings is 2. The summed E-state index contributed by atoms with van der Waals surface area (Å²) in [5.74, 6) is 0. The fourth-order valence-corrected chi connectivity index (χ4v) is 3.38. The first-order valence-electron chi connectivity index (χ1n) is 6.34. The number of hydrogen-bond donors (Lipinski definition) is 1. The maximum atomic E-state index is 10.9. The first-order chi connectivity index (χ1) is 9.10. The molecule has 0 fully saturated rings. The molecule has 0 heterocycles. The minimum Gasteiger partial charge on any atom is -0.385 e. The third-order valence-electron chi connectivity index (χ3n) is 3.86. The van der Waals surface area contributed by atoms with E-state index in [1.54, 1.807) is 0 Å². The zero-order valence-electron chi connectivity index (χ0n) is 10.4. The minimum atomic E-state index is -0.856. The van der Waals surface area contributed by atoms with E-state index in [9.17, 15) is 5.11 Å². The monoisotopic (exact) mass is 292 g/mol. The second-order valence-corrected chi connectivity index (χ2v) is 5.88. The van der Waals surface area contributed by atoms with Crippen LogP contribution in [0.2, 0.25) is 10.0 Å². The molecule has 0 radical (unpaired) electrons. The Balaban J connectivity index is 2.00. The average molecular weight is 293 g/mol. The van der Waals surface area contributed by atoms with Gasteiger partial charge in [0.05, 0.1) is 5.60 Å². The number of rotatable bonds is 2. The summed E-state index contributed by atoms with van der Waals surface area (Å²) in [7, 11) is 0. The van der Waals surface area contributed by atoms with Gasteiger partial charge in [0, 0.05) is 16.5 Å². The smallest absolute Gasteiger partial charge is 0.0943 e. The third-order valence-corrected chi connectivity index (χ3v) is 4.57. The van der Waals surface area contributed by atoms with Crippen LogP contribution in [0.3, 0.4) is 0 Å². The Labute approximate surface area is 122 Å². The Bertz CT molecular complexity index is 604. The first-order valence-corrected chi connectivity index (χ1v) is 7.09. The van der Waals surface area contributed by atoms with Crippen molar-refractivity contribution in [3.8, 4) is 0 Å². The standard InChI is InChI=1S/C16H14Cl2O/c17-14-6-3-7-15(18)12(14)10-16(19)9-8-11-4-1-2-5-13(11)16/h1-7,19H,8-10H2. The molecule has 19 heavy (non-hydrogen) atoms. The van der Waals surface area contributed by atoms with E-state index in [0.29, 0.717) is 22.9 Å². The van der Waals surface area contributed by atoms with Crippen LogP contribution >= 0.6 is 23.2 Å². The van der Waals surface area contributed by atoms with Crippen molar-refractivity contribution in [1.29, 1.82) is 0 Å². The van der Waals surface area contributed by atoms with Gasteiger partial charge in [-0.3, -0.25) is 0 Å². The molecular weight excluding hydrogens is 279 g/mol. The van der Waals surface area contributed by atoms with Gasteiger partial charge < -0.3 is 5.11 Å². The van der Waals surface area contributed by atoms with Crippen LogP contribution < -0.4 is 0 Å². The lowest BCUT2D eigenvalue weighted by molar-refractivity contribution is 0.0390. The fourth-order valence-electron chi connectivity index (χ4n) is 2.85. The molecule has 3 rings (SSSR count). The van der Waals surface area contributed by atoms with E-state index in [0.717, 1.165) is 17.5 Å². The molecular formula is C16H14Cl2O. The van der Waals surface area contributed by atoms with Gasteiger partial charge in [-0.1, -0.05) is 53.5 Å². The molecule has 0 aromatic heterocycles. The summed E-state index contributed by atoms with van der Waals surface area (Å²) in [6.07, 6.45) is 2.07. The van der Waals surface area contributed by atoms with Crippen LogP contribution in [-0.4, -0.2) is 5.11 Å². The van der Waals surface area contributed by atoms with Crippen molar-refractivity contribution in [2.45, 2.75) is 24.9 Å². The largest absolute Gasteiger partial charge is 0.385 e. The molecule has 0 saturated carbocycles. The summed E-state index contributed by atoms with van der Waals surface area (Å²) in [5, 5.41) is 12.2. The number of aliphatic hydroxyl groups is 1. The molecule has 0 saturated heterocycles. The molecule has 0 bridgehead atoms. The molecule has 98 valence electrons. The average Bonchev–Trinajstić information content (AvgIpc) is 2.73. The Morgan fingerprint density at radius 1 is 1.00 bits per heavy atom. The Morgan fingerprint density at radius 3 is 2.42 bits per heavy atom. The second-order valence-electron chi connectivity index (χ2n) is 5.07. The van der Waals surface area contributed by atoms with Crippen molar-refractivity contribution in [3.05, 3.63) is 69.2 Å². The van der Waals surface area contributed by atoms with E-state index in [2.05, 4.69) is 6.07 Å². The molecule has 1 aliphatic rings. The summed E-state index contributed by atoms with van der Waals surface area (Å²) >= 11 is 12.4. The Hall–Kier alpha value is -1.02. The van der Waals surface area contributed by atoms with Gasteiger partial charge in [0.2, 0.25) is 0 Å². The zero-order valence-corrected chi connectivity index (χ0v) is 11.9. The van der Waals surface area contributed by atoms with E-state index in [1.165, 1.54) is 5.56 Å². The van der Waals surface area contributed by atoms with Crippen LogP contribution in [0.15, 0.2) is 42.5 Å². The molecule has 1 N–H and O–H groups in total. The van der Waals surface area contributed by atoms with Crippen molar-refractivity contribution in [2.75, 3.05) is 0 Å². The lowest BCUT2D eigenvalue weighted by Gasteiger charge is -2.25. The molecule has 1 unspecified atom stereocenters. The highest BCUT2D eigenvalue weighted by Gasteiger charge is 2.37. The second kappa shape index (κ2) is 4.82. The van der Waals surface area contributed by atoms with Crippen LogP contribution in [0, 0.1) is 0 Å². The van der Waals surface area contributed by atoms with Gasteiger partial charge in [-0.05, 0) is 41.7 Å². The van der Waals surface area contributed by atoms with Crippen molar-refractivity contribution in [3.63, 3.8) is 0 Å². The lowest BCUT2D eigenvalue weighted by atomic mass is 9.89. The van der Waals surface area contributed by atoms with Gasteiger partial charge in [-0.25, -0.2) is 0 Å². The summed E-state index contributed by atoms with van der Waals surface area (Å²) in [5.41, 5.74) is 2.19. The summed E-state index contributed by atoms with van der Waals surface area (Å²) in [4.78, 5) is 0. The maximum absolute atomic E-state index is 10.9. The van der Waals surface area contributed by atoms with Gasteiger partial charge >= 0.3 is 0 Å². The number of fused-ring (bicyclic) bond motifs is 1. The van der Waals surface area contributed by atoms with Crippen molar-refractivity contribution < 1.29 is 5.11 Å². The highest BCUT2D eigenvalue weighted by Crippen LogP contribution is 2.41. The number of hydrogen-bond acceptors (Lipinski definition) is 1. The fraction of sp³-hybridized carbons (Fsp3) is 0.250. The molecule has 1 aliphatic carbocycles. The minimum absolute atomic E-state index is 0.461. The highest BCUT2D eigenvalue weighted by atomic mass is 35.5. The number of halogens is 2. The first kappa shape index (κ1) is 13.0. The van der Waals surface area contributed by atoms with E-state index in [-0.39, 0.29) is 0 Å². The SMILES string of the molecule is OC1(Cc2c(Cl)cccc2Cl)CCc2ccccc21. The summed E-state index contributed by atoms with van der Waals surface area (Å²) < 4.78 is 0. The number of aryl methyl sites for hydroxylation is 1. The Kier molecular flexibility index (Phi) is 3.30. The molecule has 0 aliphatic heterocycles.